The van der Waals surface area contributed by atoms with Gasteiger partial charge in [0.2, 0.25) is 0 Å². The van der Waals surface area contributed by atoms with Crippen LogP contribution in [0, 0.1) is 11.7 Å². The number of fused-ring (bicyclic) bond motifs is 1. The Bertz CT molecular complexity index is 1560. The Morgan fingerprint density at radius 2 is 1.69 bits per heavy atom. The number of furan rings is 1. The van der Waals surface area contributed by atoms with Crippen LogP contribution in [0.2, 0.25) is 0 Å². The van der Waals surface area contributed by atoms with Crippen LogP contribution in [0.25, 0.3) is 33.4 Å². The Hall–Kier alpha value is -4.17. The van der Waals surface area contributed by atoms with E-state index in [0.29, 0.717) is 58.2 Å². The lowest BCUT2D eigenvalue weighted by Gasteiger charge is -2.26. The van der Waals surface area contributed by atoms with E-state index in [1.54, 1.807) is 25.2 Å². The monoisotopic (exact) mass is 571 g/mol. The molecule has 4 aromatic rings. The zero-order chi connectivity index (χ0) is 29.6. The summed E-state index contributed by atoms with van der Waals surface area (Å²) >= 11 is 0. The van der Waals surface area contributed by atoms with Crippen molar-refractivity contribution in [3.8, 4) is 28.2 Å². The van der Waals surface area contributed by atoms with Crippen LogP contribution in [0.1, 0.15) is 53.8 Å². The summed E-state index contributed by atoms with van der Waals surface area (Å²) in [6, 6.07) is 16.9. The van der Waals surface area contributed by atoms with Gasteiger partial charge in [0.05, 0.1) is 5.56 Å². The van der Waals surface area contributed by atoms with E-state index >= 15 is 0 Å². The van der Waals surface area contributed by atoms with Gasteiger partial charge in [-0.2, -0.15) is 0 Å². The lowest BCUT2D eigenvalue weighted by molar-refractivity contribution is 0.0945. The number of amides is 2. The van der Waals surface area contributed by atoms with Crippen molar-refractivity contribution in [3.63, 3.8) is 0 Å². The van der Waals surface area contributed by atoms with Gasteiger partial charge in [0.25, 0.3) is 11.8 Å². The van der Waals surface area contributed by atoms with Crippen molar-refractivity contribution >= 4 is 22.8 Å². The van der Waals surface area contributed by atoms with Crippen molar-refractivity contribution in [2.24, 2.45) is 5.92 Å². The summed E-state index contributed by atoms with van der Waals surface area (Å²) in [5.41, 5.74) is 3.54. The Kier molecular flexibility index (Phi) is 9.22. The molecule has 0 unspecified atom stereocenters. The first-order valence-corrected chi connectivity index (χ1v) is 14.7. The molecule has 220 valence electrons. The molecule has 42 heavy (non-hydrogen) atoms. The number of halogens is 1. The highest BCUT2D eigenvalue weighted by molar-refractivity contribution is 6.12. The standard InChI is InChI=1S/C34H38FN3O4/c1-22(2)21-37-33(39)25-10-13-29(41-18-17-38-15-5-4-6-16-38)27(20-25)24-9-14-30-28(19-24)31(34(40)36-3)32(42-30)23-7-11-26(35)12-8-23/h7-14,19-20,22H,4-6,15-18,21H2,1-3H3,(H,36,40)(H,37,39). The van der Waals surface area contributed by atoms with Gasteiger partial charge < -0.3 is 19.8 Å². The van der Waals surface area contributed by atoms with E-state index < -0.39 is 0 Å². The third kappa shape index (κ3) is 6.65. The lowest BCUT2D eigenvalue weighted by Crippen LogP contribution is -2.33. The van der Waals surface area contributed by atoms with Crippen molar-refractivity contribution in [1.29, 1.82) is 0 Å². The average Bonchev–Trinajstić information content (AvgIpc) is 3.39. The average molecular weight is 572 g/mol. The second-order valence-corrected chi connectivity index (χ2v) is 11.2. The van der Waals surface area contributed by atoms with Crippen LogP contribution < -0.4 is 15.4 Å². The molecule has 2 N–H and O–H groups in total. The van der Waals surface area contributed by atoms with Gasteiger partial charge in [-0.1, -0.05) is 26.3 Å². The summed E-state index contributed by atoms with van der Waals surface area (Å²) in [6.07, 6.45) is 3.70. The summed E-state index contributed by atoms with van der Waals surface area (Å²) < 4.78 is 26.1. The molecule has 1 saturated heterocycles. The molecule has 1 aliphatic heterocycles. The van der Waals surface area contributed by atoms with Crippen molar-refractivity contribution in [1.82, 2.24) is 15.5 Å². The molecule has 0 saturated carbocycles. The van der Waals surface area contributed by atoms with Gasteiger partial charge in [0.1, 0.15) is 29.5 Å². The van der Waals surface area contributed by atoms with E-state index in [9.17, 15) is 14.0 Å². The molecule has 8 heteroatoms. The molecular formula is C34H38FN3O4. The molecule has 0 atom stereocenters. The Morgan fingerprint density at radius 1 is 0.952 bits per heavy atom. The molecule has 0 spiro atoms. The highest BCUT2D eigenvalue weighted by Crippen LogP contribution is 2.38. The number of ether oxygens (including phenoxy) is 1. The minimum absolute atomic E-state index is 0.154. The Balaban J connectivity index is 1.54. The molecule has 1 aliphatic rings. The molecule has 0 bridgehead atoms. The topological polar surface area (TPSA) is 83.8 Å². The highest BCUT2D eigenvalue weighted by Gasteiger charge is 2.23. The number of nitrogens with one attached hydrogen (secondary N) is 2. The summed E-state index contributed by atoms with van der Waals surface area (Å²) in [5.74, 6) is 0.511. The minimum Gasteiger partial charge on any atom is -0.492 e. The molecule has 7 nitrogen and oxygen atoms in total. The van der Waals surface area contributed by atoms with Crippen LogP contribution in [0.5, 0.6) is 5.75 Å². The maximum absolute atomic E-state index is 13.6. The quantitative estimate of drug-likeness (QED) is 0.227. The summed E-state index contributed by atoms with van der Waals surface area (Å²) in [4.78, 5) is 28.5. The van der Waals surface area contributed by atoms with Crippen molar-refractivity contribution in [3.05, 3.63) is 77.6 Å². The van der Waals surface area contributed by atoms with Crippen LogP contribution in [0.4, 0.5) is 4.39 Å². The molecule has 0 radical (unpaired) electrons. The second-order valence-electron chi connectivity index (χ2n) is 11.2. The number of carbonyl (C=O) groups excluding carboxylic acids is 2. The fraction of sp³-hybridized carbons (Fsp3) is 0.353. The molecule has 2 heterocycles. The van der Waals surface area contributed by atoms with Crippen LogP contribution in [-0.4, -0.2) is 56.5 Å². The minimum atomic E-state index is -0.372. The van der Waals surface area contributed by atoms with Crippen LogP contribution in [0.15, 0.2) is 65.1 Å². The molecular weight excluding hydrogens is 533 g/mol. The highest BCUT2D eigenvalue weighted by atomic mass is 19.1. The number of rotatable bonds is 10. The number of nitrogens with zero attached hydrogens (tertiary/aromatic N) is 1. The fourth-order valence-electron chi connectivity index (χ4n) is 5.31. The van der Waals surface area contributed by atoms with E-state index in [2.05, 4.69) is 29.4 Å². The first-order valence-electron chi connectivity index (χ1n) is 14.7. The molecule has 1 aromatic heterocycles. The molecule has 5 rings (SSSR count). The van der Waals surface area contributed by atoms with Gasteiger partial charge >= 0.3 is 0 Å². The zero-order valence-electron chi connectivity index (χ0n) is 24.5. The largest absolute Gasteiger partial charge is 0.492 e. The van der Waals surface area contributed by atoms with Crippen LogP contribution in [-0.2, 0) is 0 Å². The Morgan fingerprint density at radius 3 is 2.40 bits per heavy atom. The van der Waals surface area contributed by atoms with Gasteiger partial charge in [-0.3, -0.25) is 14.5 Å². The van der Waals surface area contributed by atoms with Gasteiger partial charge in [0, 0.05) is 42.2 Å². The van der Waals surface area contributed by atoms with E-state index in [0.717, 1.165) is 30.8 Å². The van der Waals surface area contributed by atoms with Gasteiger partial charge in [0.15, 0.2) is 0 Å². The fourth-order valence-corrected chi connectivity index (χ4v) is 5.31. The number of piperidine rings is 1. The first-order chi connectivity index (χ1) is 20.3. The third-order valence-corrected chi connectivity index (χ3v) is 7.59. The Labute approximate surface area is 246 Å². The third-order valence-electron chi connectivity index (χ3n) is 7.59. The molecule has 2 amide bonds. The predicted octanol–water partition coefficient (Wildman–Crippen LogP) is 6.52. The summed E-state index contributed by atoms with van der Waals surface area (Å²) in [6.45, 7) is 8.20. The van der Waals surface area contributed by atoms with Crippen molar-refractivity contribution in [2.45, 2.75) is 33.1 Å². The van der Waals surface area contributed by atoms with E-state index in [1.165, 1.54) is 31.4 Å². The maximum atomic E-state index is 13.6. The summed E-state index contributed by atoms with van der Waals surface area (Å²) in [5, 5.41) is 6.30. The molecule has 0 aliphatic carbocycles. The van der Waals surface area contributed by atoms with E-state index in [1.807, 2.05) is 30.3 Å². The van der Waals surface area contributed by atoms with Crippen molar-refractivity contribution < 1.29 is 23.1 Å². The van der Waals surface area contributed by atoms with Crippen LogP contribution in [0.3, 0.4) is 0 Å². The number of carbonyl (C=O) groups is 2. The van der Waals surface area contributed by atoms with E-state index in [-0.39, 0.29) is 17.6 Å². The van der Waals surface area contributed by atoms with Gasteiger partial charge in [-0.25, -0.2) is 4.39 Å². The lowest BCUT2D eigenvalue weighted by atomic mass is 9.98. The number of likely N-dealkylation sites (tertiary alicyclic amines) is 1. The van der Waals surface area contributed by atoms with Gasteiger partial charge in [-0.05, 0) is 92.0 Å². The molecule has 3 aromatic carbocycles. The smallest absolute Gasteiger partial charge is 0.255 e. The zero-order valence-corrected chi connectivity index (χ0v) is 24.5. The maximum Gasteiger partial charge on any atom is 0.255 e. The second kappa shape index (κ2) is 13.2. The number of benzene rings is 3. The van der Waals surface area contributed by atoms with E-state index in [4.69, 9.17) is 9.15 Å². The predicted molar refractivity (Wildman–Crippen MR) is 163 cm³/mol. The SMILES string of the molecule is CNC(=O)c1c(-c2ccc(F)cc2)oc2ccc(-c3cc(C(=O)NCC(C)C)ccc3OCCN3CCCCC3)cc12. The summed E-state index contributed by atoms with van der Waals surface area (Å²) in [7, 11) is 1.56. The number of hydrogen-bond acceptors (Lipinski definition) is 5. The van der Waals surface area contributed by atoms with Crippen LogP contribution >= 0.6 is 0 Å². The first kappa shape index (κ1) is 29.3. The molecule has 1 fully saturated rings. The van der Waals surface area contributed by atoms with Gasteiger partial charge in [-0.15, -0.1) is 0 Å². The normalized spacial score (nSPS) is 13.8. The van der Waals surface area contributed by atoms with Crippen molar-refractivity contribution in [2.75, 3.05) is 39.8 Å². The number of hydrogen-bond donors (Lipinski definition) is 2.